The second-order valence-corrected chi connectivity index (χ2v) is 6.50. The number of aryl methyl sites for hydroxylation is 2. The molecule has 2 aliphatic heterocycles. The zero-order chi connectivity index (χ0) is 16.6. The van der Waals surface area contributed by atoms with Crippen LogP contribution in [0.1, 0.15) is 23.0 Å². The number of morpholine rings is 1. The van der Waals surface area contributed by atoms with Crippen molar-refractivity contribution >= 4 is 5.91 Å². The highest BCUT2D eigenvalue weighted by molar-refractivity contribution is 5.97. The van der Waals surface area contributed by atoms with E-state index in [1.165, 1.54) is 0 Å². The van der Waals surface area contributed by atoms with Crippen LogP contribution in [0.15, 0.2) is 0 Å². The van der Waals surface area contributed by atoms with Crippen molar-refractivity contribution in [1.29, 1.82) is 0 Å². The average Bonchev–Trinajstić information content (AvgIpc) is 3.07. The smallest absolute Gasteiger partial charge is 0.261 e. The van der Waals surface area contributed by atoms with Crippen LogP contribution in [-0.2, 0) is 11.8 Å². The van der Waals surface area contributed by atoms with E-state index in [-0.39, 0.29) is 5.91 Å². The molecular formula is C16H26N4O3. The minimum Gasteiger partial charge on any atom is -0.481 e. The zero-order valence-electron chi connectivity index (χ0n) is 14.4. The number of carbonyl (C=O) groups excluding carboxylic acids is 1. The van der Waals surface area contributed by atoms with Crippen molar-refractivity contribution in [2.75, 3.05) is 46.5 Å². The maximum atomic E-state index is 13.0. The number of rotatable bonds is 3. The number of ether oxygens (including phenoxy) is 2. The highest BCUT2D eigenvalue weighted by atomic mass is 16.5. The molecule has 0 aromatic carbocycles. The van der Waals surface area contributed by atoms with E-state index in [1.54, 1.807) is 18.8 Å². The summed E-state index contributed by atoms with van der Waals surface area (Å²) in [5, 5.41) is 4.32. The summed E-state index contributed by atoms with van der Waals surface area (Å²) in [5.41, 5.74) is 1.31. The van der Waals surface area contributed by atoms with E-state index < -0.39 is 0 Å². The van der Waals surface area contributed by atoms with Gasteiger partial charge in [-0.2, -0.15) is 5.10 Å². The molecule has 0 N–H and O–H groups in total. The summed E-state index contributed by atoms with van der Waals surface area (Å²) in [6, 6.07) is 0.408. The minimum absolute atomic E-state index is 0.0232. The Morgan fingerprint density at radius 2 is 2.00 bits per heavy atom. The van der Waals surface area contributed by atoms with Crippen LogP contribution >= 0.6 is 0 Å². The molecule has 0 unspecified atom stereocenters. The molecule has 2 aliphatic rings. The number of carbonyl (C=O) groups is 1. The normalized spacial score (nSPS) is 25.8. The summed E-state index contributed by atoms with van der Waals surface area (Å²) in [4.78, 5) is 17.4. The van der Waals surface area contributed by atoms with Gasteiger partial charge in [0, 0.05) is 39.3 Å². The quantitative estimate of drug-likeness (QED) is 0.812. The molecule has 0 radical (unpaired) electrons. The number of hydrogen-bond acceptors (Lipinski definition) is 5. The van der Waals surface area contributed by atoms with Gasteiger partial charge in [0.15, 0.2) is 0 Å². The number of aromatic nitrogens is 2. The van der Waals surface area contributed by atoms with Crippen LogP contribution in [0, 0.1) is 12.8 Å². The molecule has 128 valence electrons. The van der Waals surface area contributed by atoms with Gasteiger partial charge in [-0.3, -0.25) is 9.69 Å². The first-order chi connectivity index (χ1) is 11.0. The maximum absolute atomic E-state index is 13.0. The van der Waals surface area contributed by atoms with E-state index in [1.807, 2.05) is 11.8 Å². The van der Waals surface area contributed by atoms with Gasteiger partial charge >= 0.3 is 0 Å². The Balaban J connectivity index is 1.76. The summed E-state index contributed by atoms with van der Waals surface area (Å²) in [6.45, 7) is 9.09. The topological polar surface area (TPSA) is 59.8 Å². The van der Waals surface area contributed by atoms with Crippen molar-refractivity contribution in [3.63, 3.8) is 0 Å². The van der Waals surface area contributed by atoms with Gasteiger partial charge in [0.25, 0.3) is 5.91 Å². The molecule has 3 heterocycles. The molecule has 0 bridgehead atoms. The number of methoxy groups -OCH3 is 1. The molecule has 3 rings (SSSR count). The molecule has 0 aliphatic carbocycles. The molecule has 2 atom stereocenters. The number of nitrogens with zero attached hydrogens (tertiary/aromatic N) is 4. The standard InChI is InChI=1S/C16H26N4O3/c1-11-9-20(10-13(11)19-5-7-23-8-6-19)15(21)14-12(2)17-18(3)16(14)22-4/h11,13H,5-10H2,1-4H3/t11-,13+/m0/s1. The monoisotopic (exact) mass is 322 g/mol. The Kier molecular flexibility index (Phi) is 4.59. The molecule has 2 fully saturated rings. The largest absolute Gasteiger partial charge is 0.481 e. The Morgan fingerprint density at radius 1 is 1.30 bits per heavy atom. The third-order valence-electron chi connectivity index (χ3n) is 4.95. The summed E-state index contributed by atoms with van der Waals surface area (Å²) in [5.74, 6) is 1.02. The van der Waals surface area contributed by atoms with Crippen molar-refractivity contribution < 1.29 is 14.3 Å². The van der Waals surface area contributed by atoms with Gasteiger partial charge < -0.3 is 14.4 Å². The first-order valence-electron chi connectivity index (χ1n) is 8.21. The molecule has 7 heteroatoms. The molecule has 0 spiro atoms. The number of likely N-dealkylation sites (tertiary alicyclic amines) is 1. The van der Waals surface area contributed by atoms with Crippen LogP contribution < -0.4 is 4.74 Å². The van der Waals surface area contributed by atoms with E-state index in [9.17, 15) is 4.79 Å². The molecule has 2 saturated heterocycles. The van der Waals surface area contributed by atoms with Crippen molar-refractivity contribution in [1.82, 2.24) is 19.6 Å². The van der Waals surface area contributed by atoms with Crippen LogP contribution in [-0.4, -0.2) is 78.0 Å². The van der Waals surface area contributed by atoms with Crippen molar-refractivity contribution in [2.24, 2.45) is 13.0 Å². The summed E-state index contributed by atoms with van der Waals surface area (Å²) in [7, 11) is 3.38. The van der Waals surface area contributed by atoms with Crippen LogP contribution in [0.25, 0.3) is 0 Å². The second kappa shape index (κ2) is 6.49. The molecule has 1 aromatic heterocycles. The fourth-order valence-electron chi connectivity index (χ4n) is 3.78. The van der Waals surface area contributed by atoms with Crippen molar-refractivity contribution in [3.05, 3.63) is 11.3 Å². The van der Waals surface area contributed by atoms with Crippen LogP contribution in [0.4, 0.5) is 0 Å². The predicted octanol–water partition coefficient (Wildman–Crippen LogP) is 0.530. The predicted molar refractivity (Wildman–Crippen MR) is 85.7 cm³/mol. The Labute approximate surface area is 137 Å². The molecule has 1 amide bonds. The summed E-state index contributed by atoms with van der Waals surface area (Å²) < 4.78 is 12.4. The lowest BCUT2D eigenvalue weighted by Crippen LogP contribution is -2.47. The highest BCUT2D eigenvalue weighted by Gasteiger charge is 2.38. The molecule has 0 saturated carbocycles. The molecule has 23 heavy (non-hydrogen) atoms. The van der Waals surface area contributed by atoms with Gasteiger partial charge in [-0.05, 0) is 12.8 Å². The maximum Gasteiger partial charge on any atom is 0.261 e. The highest BCUT2D eigenvalue weighted by Crippen LogP contribution is 2.28. The van der Waals surface area contributed by atoms with E-state index in [0.717, 1.165) is 45.1 Å². The van der Waals surface area contributed by atoms with Crippen LogP contribution in [0.2, 0.25) is 0 Å². The third-order valence-corrected chi connectivity index (χ3v) is 4.95. The Morgan fingerprint density at radius 3 is 2.65 bits per heavy atom. The van der Waals surface area contributed by atoms with E-state index in [4.69, 9.17) is 9.47 Å². The summed E-state index contributed by atoms with van der Waals surface area (Å²) in [6.07, 6.45) is 0. The van der Waals surface area contributed by atoms with E-state index in [2.05, 4.69) is 16.9 Å². The van der Waals surface area contributed by atoms with Gasteiger partial charge in [-0.1, -0.05) is 6.92 Å². The van der Waals surface area contributed by atoms with E-state index >= 15 is 0 Å². The Bertz CT molecular complexity index is 580. The van der Waals surface area contributed by atoms with Gasteiger partial charge in [-0.15, -0.1) is 0 Å². The van der Waals surface area contributed by atoms with Gasteiger partial charge in [0.05, 0.1) is 26.0 Å². The third kappa shape index (κ3) is 2.95. The van der Waals surface area contributed by atoms with E-state index in [0.29, 0.717) is 23.4 Å². The SMILES string of the molecule is COc1c(C(=O)N2C[C@@H](N3CCOCC3)[C@@H](C)C2)c(C)nn1C. The molecule has 1 aromatic rings. The Hall–Kier alpha value is -1.60. The lowest BCUT2D eigenvalue weighted by Gasteiger charge is -2.33. The lowest BCUT2D eigenvalue weighted by molar-refractivity contribution is 0.0119. The summed E-state index contributed by atoms with van der Waals surface area (Å²) >= 11 is 0. The first-order valence-corrected chi connectivity index (χ1v) is 8.21. The van der Waals surface area contributed by atoms with Crippen LogP contribution in [0.3, 0.4) is 0 Å². The minimum atomic E-state index is 0.0232. The van der Waals surface area contributed by atoms with Crippen molar-refractivity contribution in [3.8, 4) is 5.88 Å². The zero-order valence-corrected chi connectivity index (χ0v) is 14.4. The second-order valence-electron chi connectivity index (χ2n) is 6.50. The average molecular weight is 322 g/mol. The van der Waals surface area contributed by atoms with Gasteiger partial charge in [0.2, 0.25) is 5.88 Å². The van der Waals surface area contributed by atoms with Crippen LogP contribution in [0.5, 0.6) is 5.88 Å². The number of amides is 1. The number of hydrogen-bond donors (Lipinski definition) is 0. The molecule has 7 nitrogen and oxygen atoms in total. The van der Waals surface area contributed by atoms with Gasteiger partial charge in [0.1, 0.15) is 5.56 Å². The fraction of sp³-hybridized carbons (Fsp3) is 0.750. The lowest BCUT2D eigenvalue weighted by atomic mass is 10.0. The molecular weight excluding hydrogens is 296 g/mol. The fourth-order valence-corrected chi connectivity index (χ4v) is 3.78. The van der Waals surface area contributed by atoms with Gasteiger partial charge in [-0.25, -0.2) is 4.68 Å². The van der Waals surface area contributed by atoms with Crippen molar-refractivity contribution in [2.45, 2.75) is 19.9 Å². The first kappa shape index (κ1) is 16.3.